The minimum absolute atomic E-state index is 0.666. The van der Waals surface area contributed by atoms with Crippen LogP contribution < -0.4 is 5.32 Å². The number of imidazole rings is 1. The number of benzene rings is 1. The second-order valence-corrected chi connectivity index (χ2v) is 3.72. The molecule has 0 aliphatic carbocycles. The summed E-state index contributed by atoms with van der Waals surface area (Å²) in [5.41, 5.74) is 2.75. The Bertz CT molecular complexity index is 536. The Hall–Kier alpha value is -2.28. The molecule has 86 valence electrons. The number of nitriles is 1. The highest BCUT2D eigenvalue weighted by atomic mass is 15.1. The summed E-state index contributed by atoms with van der Waals surface area (Å²) in [6, 6.07) is 9.58. The van der Waals surface area contributed by atoms with Crippen LogP contribution >= 0.6 is 0 Å². The molecule has 0 saturated heterocycles. The number of hydrogen-bond donors (Lipinski definition) is 1. The van der Waals surface area contributed by atoms with Gasteiger partial charge in [-0.2, -0.15) is 5.26 Å². The van der Waals surface area contributed by atoms with Gasteiger partial charge in [-0.05, 0) is 25.1 Å². The standard InChI is InChI=1S/C13H14N4/c1-2-17-10-15-8-13(17)9-16-12-5-3-4-11(6-12)7-14/h3-6,8,10,16H,2,9H2,1H3. The van der Waals surface area contributed by atoms with Gasteiger partial charge in [-0.25, -0.2) is 4.98 Å². The third-order valence-corrected chi connectivity index (χ3v) is 2.60. The molecule has 1 aromatic heterocycles. The average molecular weight is 226 g/mol. The molecule has 1 heterocycles. The van der Waals surface area contributed by atoms with E-state index < -0.39 is 0 Å². The second kappa shape index (κ2) is 5.17. The maximum Gasteiger partial charge on any atom is 0.0992 e. The van der Waals surface area contributed by atoms with E-state index in [0.29, 0.717) is 12.1 Å². The number of rotatable bonds is 4. The maximum absolute atomic E-state index is 8.80. The van der Waals surface area contributed by atoms with Gasteiger partial charge in [-0.3, -0.25) is 0 Å². The molecule has 0 fully saturated rings. The third kappa shape index (κ3) is 2.64. The molecule has 0 bridgehead atoms. The lowest BCUT2D eigenvalue weighted by molar-refractivity contribution is 0.719. The highest BCUT2D eigenvalue weighted by Gasteiger charge is 2.00. The van der Waals surface area contributed by atoms with E-state index in [1.165, 1.54) is 0 Å². The lowest BCUT2D eigenvalue weighted by Crippen LogP contribution is -2.05. The van der Waals surface area contributed by atoms with Crippen molar-refractivity contribution in [2.45, 2.75) is 20.0 Å². The fourth-order valence-electron chi connectivity index (χ4n) is 1.67. The molecule has 0 unspecified atom stereocenters. The summed E-state index contributed by atoms with van der Waals surface area (Å²) in [4.78, 5) is 4.11. The van der Waals surface area contributed by atoms with Crippen molar-refractivity contribution < 1.29 is 0 Å². The smallest absolute Gasteiger partial charge is 0.0992 e. The normalized spacial score (nSPS) is 9.88. The van der Waals surface area contributed by atoms with Crippen LogP contribution in [0.1, 0.15) is 18.2 Å². The van der Waals surface area contributed by atoms with Gasteiger partial charge in [-0.15, -0.1) is 0 Å². The topological polar surface area (TPSA) is 53.6 Å². The van der Waals surface area contributed by atoms with Crippen molar-refractivity contribution in [3.63, 3.8) is 0 Å². The molecule has 4 nitrogen and oxygen atoms in total. The minimum atomic E-state index is 0.666. The van der Waals surface area contributed by atoms with E-state index in [4.69, 9.17) is 5.26 Å². The quantitative estimate of drug-likeness (QED) is 0.870. The molecule has 0 spiro atoms. The summed E-state index contributed by atoms with van der Waals surface area (Å²) in [7, 11) is 0. The largest absolute Gasteiger partial charge is 0.379 e. The van der Waals surface area contributed by atoms with Crippen molar-refractivity contribution in [1.29, 1.82) is 5.26 Å². The molecule has 0 radical (unpaired) electrons. The zero-order valence-corrected chi connectivity index (χ0v) is 9.72. The zero-order chi connectivity index (χ0) is 12.1. The molecule has 4 heteroatoms. The highest BCUT2D eigenvalue weighted by molar-refractivity contribution is 5.49. The zero-order valence-electron chi connectivity index (χ0n) is 9.72. The lowest BCUT2D eigenvalue weighted by Gasteiger charge is -2.08. The number of nitrogens with zero attached hydrogens (tertiary/aromatic N) is 3. The lowest BCUT2D eigenvalue weighted by atomic mass is 10.2. The van der Waals surface area contributed by atoms with E-state index in [1.807, 2.05) is 30.7 Å². The Labute approximate surface area is 101 Å². The second-order valence-electron chi connectivity index (χ2n) is 3.72. The van der Waals surface area contributed by atoms with Gasteiger partial charge in [0, 0.05) is 18.4 Å². The molecule has 0 atom stereocenters. The summed E-state index contributed by atoms with van der Waals surface area (Å²) >= 11 is 0. The molecule has 0 aliphatic rings. The molecular weight excluding hydrogens is 212 g/mol. The number of aryl methyl sites for hydroxylation is 1. The maximum atomic E-state index is 8.80. The van der Waals surface area contributed by atoms with E-state index >= 15 is 0 Å². The van der Waals surface area contributed by atoms with Gasteiger partial charge in [0.1, 0.15) is 0 Å². The van der Waals surface area contributed by atoms with Crippen LogP contribution in [0.2, 0.25) is 0 Å². The summed E-state index contributed by atoms with van der Waals surface area (Å²) in [5.74, 6) is 0. The first-order valence-electron chi connectivity index (χ1n) is 5.56. The summed E-state index contributed by atoms with van der Waals surface area (Å²) < 4.78 is 2.08. The van der Waals surface area contributed by atoms with Gasteiger partial charge >= 0.3 is 0 Å². The van der Waals surface area contributed by atoms with E-state index in [2.05, 4.69) is 27.9 Å². The molecular formula is C13H14N4. The minimum Gasteiger partial charge on any atom is -0.379 e. The van der Waals surface area contributed by atoms with Crippen LogP contribution in [0.25, 0.3) is 0 Å². The predicted octanol–water partition coefficient (Wildman–Crippen LogP) is 2.39. The van der Waals surface area contributed by atoms with Crippen LogP contribution in [0.5, 0.6) is 0 Å². The molecule has 0 aliphatic heterocycles. The van der Waals surface area contributed by atoms with Gasteiger partial charge in [0.2, 0.25) is 0 Å². The van der Waals surface area contributed by atoms with Crippen molar-refractivity contribution in [3.8, 4) is 6.07 Å². The van der Waals surface area contributed by atoms with Gasteiger partial charge in [-0.1, -0.05) is 6.07 Å². The van der Waals surface area contributed by atoms with Crippen LogP contribution in [0.15, 0.2) is 36.8 Å². The van der Waals surface area contributed by atoms with Crippen LogP contribution in [-0.2, 0) is 13.1 Å². The van der Waals surface area contributed by atoms with Gasteiger partial charge in [0.05, 0.1) is 30.2 Å². The first kappa shape index (κ1) is 11.2. The van der Waals surface area contributed by atoms with Crippen molar-refractivity contribution >= 4 is 5.69 Å². The number of anilines is 1. The van der Waals surface area contributed by atoms with E-state index in [-0.39, 0.29) is 0 Å². The Morgan fingerprint density at radius 3 is 3.12 bits per heavy atom. The van der Waals surface area contributed by atoms with E-state index in [1.54, 1.807) is 6.07 Å². The van der Waals surface area contributed by atoms with Gasteiger partial charge < -0.3 is 9.88 Å². The average Bonchev–Trinajstić information content (AvgIpc) is 2.84. The third-order valence-electron chi connectivity index (χ3n) is 2.60. The first-order chi connectivity index (χ1) is 8.33. The van der Waals surface area contributed by atoms with Gasteiger partial charge in [0.25, 0.3) is 0 Å². The molecule has 0 saturated carbocycles. The Kier molecular flexibility index (Phi) is 3.41. The van der Waals surface area contributed by atoms with Crippen LogP contribution in [0.4, 0.5) is 5.69 Å². The molecule has 0 amide bonds. The monoisotopic (exact) mass is 226 g/mol. The van der Waals surface area contributed by atoms with Crippen LogP contribution in [0.3, 0.4) is 0 Å². The highest BCUT2D eigenvalue weighted by Crippen LogP contribution is 2.11. The predicted molar refractivity (Wildman–Crippen MR) is 66.4 cm³/mol. The SMILES string of the molecule is CCn1cncc1CNc1cccc(C#N)c1. The molecule has 17 heavy (non-hydrogen) atoms. The number of nitrogens with one attached hydrogen (secondary N) is 1. The molecule has 2 rings (SSSR count). The molecule has 2 aromatic rings. The Balaban J connectivity index is 2.05. The van der Waals surface area contributed by atoms with E-state index in [9.17, 15) is 0 Å². The van der Waals surface area contributed by atoms with E-state index in [0.717, 1.165) is 17.9 Å². The van der Waals surface area contributed by atoms with Crippen LogP contribution in [-0.4, -0.2) is 9.55 Å². The van der Waals surface area contributed by atoms with Gasteiger partial charge in [0.15, 0.2) is 0 Å². The van der Waals surface area contributed by atoms with Crippen LogP contribution in [0, 0.1) is 11.3 Å². The summed E-state index contributed by atoms with van der Waals surface area (Å²) in [6.07, 6.45) is 3.67. The fourth-order valence-corrected chi connectivity index (χ4v) is 1.67. The summed E-state index contributed by atoms with van der Waals surface area (Å²) in [5, 5.41) is 12.1. The van der Waals surface area contributed by atoms with Crippen molar-refractivity contribution in [2.24, 2.45) is 0 Å². The number of aromatic nitrogens is 2. The van der Waals surface area contributed by atoms with Crippen molar-refractivity contribution in [2.75, 3.05) is 5.32 Å². The fraction of sp³-hybridized carbons (Fsp3) is 0.231. The number of hydrogen-bond acceptors (Lipinski definition) is 3. The Morgan fingerprint density at radius 1 is 1.47 bits per heavy atom. The molecule has 1 aromatic carbocycles. The first-order valence-corrected chi connectivity index (χ1v) is 5.56. The molecule has 1 N–H and O–H groups in total. The summed E-state index contributed by atoms with van der Waals surface area (Å²) in [6.45, 7) is 3.71. The Morgan fingerprint density at radius 2 is 2.35 bits per heavy atom. The van der Waals surface area contributed by atoms with Crippen molar-refractivity contribution in [3.05, 3.63) is 48.0 Å². The van der Waals surface area contributed by atoms with Crippen molar-refractivity contribution in [1.82, 2.24) is 9.55 Å².